The Balaban J connectivity index is 1.63. The van der Waals surface area contributed by atoms with Crippen molar-refractivity contribution >= 4 is 32.8 Å². The Morgan fingerprint density at radius 1 is 1.33 bits per heavy atom. The van der Waals surface area contributed by atoms with E-state index in [4.69, 9.17) is 16.3 Å². The van der Waals surface area contributed by atoms with E-state index in [1.807, 2.05) is 5.38 Å². The molecule has 3 rings (SSSR count). The molecule has 0 saturated carbocycles. The highest BCUT2D eigenvalue weighted by atomic mass is 35.5. The van der Waals surface area contributed by atoms with E-state index >= 15 is 0 Å². The zero-order valence-corrected chi connectivity index (χ0v) is 17.6. The lowest BCUT2D eigenvalue weighted by Crippen LogP contribution is -2.42. The monoisotopic (exact) mass is 429 g/mol. The average molecular weight is 430 g/mol. The van der Waals surface area contributed by atoms with E-state index in [1.54, 1.807) is 35.6 Å². The fourth-order valence-corrected chi connectivity index (χ4v) is 6.02. The van der Waals surface area contributed by atoms with Crippen LogP contribution in [0.5, 0.6) is 5.75 Å². The van der Waals surface area contributed by atoms with Crippen molar-refractivity contribution < 1.29 is 18.3 Å². The van der Waals surface area contributed by atoms with Crippen LogP contribution < -0.4 is 4.74 Å². The first-order chi connectivity index (χ1) is 12.8. The number of nitrogens with zero attached hydrogens (tertiary/aromatic N) is 1. The minimum Gasteiger partial charge on any atom is -0.491 e. The van der Waals surface area contributed by atoms with Crippen LogP contribution in [0.1, 0.15) is 16.9 Å². The molecule has 2 heterocycles. The highest BCUT2D eigenvalue weighted by molar-refractivity contribution is 7.91. The van der Waals surface area contributed by atoms with Gasteiger partial charge < -0.3 is 9.84 Å². The quantitative estimate of drug-likeness (QED) is 0.698. The summed E-state index contributed by atoms with van der Waals surface area (Å²) in [6.07, 6.45) is -0.110. The minimum atomic E-state index is -2.99. The van der Waals surface area contributed by atoms with E-state index in [1.165, 1.54) is 10.4 Å². The lowest BCUT2D eigenvalue weighted by molar-refractivity contribution is 0.0528. The number of aryl methyl sites for hydroxylation is 1. The van der Waals surface area contributed by atoms with Crippen molar-refractivity contribution in [3.8, 4) is 5.75 Å². The lowest BCUT2D eigenvalue weighted by atomic mass is 10.1. The molecule has 1 fully saturated rings. The van der Waals surface area contributed by atoms with Gasteiger partial charge in [0.25, 0.3) is 0 Å². The van der Waals surface area contributed by atoms with Crippen LogP contribution in [0.2, 0.25) is 5.02 Å². The summed E-state index contributed by atoms with van der Waals surface area (Å²) in [5, 5.41) is 13.1. The topological polar surface area (TPSA) is 66.8 Å². The Morgan fingerprint density at radius 3 is 2.67 bits per heavy atom. The molecular weight excluding hydrogens is 406 g/mol. The second-order valence-corrected chi connectivity index (χ2v) is 10.6. The van der Waals surface area contributed by atoms with Gasteiger partial charge in [0.15, 0.2) is 9.84 Å². The fraction of sp³-hybridized carbons (Fsp3) is 0.474. The van der Waals surface area contributed by atoms with Crippen molar-refractivity contribution in [2.75, 3.05) is 24.7 Å². The molecule has 5 nitrogen and oxygen atoms in total. The standard InChI is InChI=1S/C19H24ClNO4S2/c1-14-6-8-26-19(14)11-21(16-7-9-27(23,24)13-16)10-17(22)12-25-18-4-2-15(20)3-5-18/h2-6,8,16-17,22H,7,9-13H2,1H3. The highest BCUT2D eigenvalue weighted by Crippen LogP contribution is 2.24. The van der Waals surface area contributed by atoms with Crippen LogP contribution in [0, 0.1) is 6.92 Å². The molecular formula is C19H24ClNO4S2. The third-order valence-corrected chi connectivity index (χ3v) is 7.75. The Hall–Kier alpha value is -1.12. The first kappa shape index (κ1) is 20.6. The van der Waals surface area contributed by atoms with Crippen molar-refractivity contribution in [2.45, 2.75) is 32.0 Å². The van der Waals surface area contributed by atoms with E-state index in [2.05, 4.69) is 17.9 Å². The third kappa shape index (κ3) is 5.93. The summed E-state index contributed by atoms with van der Waals surface area (Å²) in [4.78, 5) is 3.28. The van der Waals surface area contributed by atoms with Gasteiger partial charge in [0, 0.05) is 29.0 Å². The van der Waals surface area contributed by atoms with Crippen molar-refractivity contribution in [1.29, 1.82) is 0 Å². The second-order valence-electron chi connectivity index (χ2n) is 6.93. The SMILES string of the molecule is Cc1ccsc1CN(CC(O)COc1ccc(Cl)cc1)C1CCS(=O)(=O)C1. The summed E-state index contributed by atoms with van der Waals surface area (Å²) in [5.41, 5.74) is 1.19. The normalized spacial score (nSPS) is 20.1. The van der Waals surface area contributed by atoms with Crippen molar-refractivity contribution in [2.24, 2.45) is 0 Å². The Morgan fingerprint density at radius 2 is 2.07 bits per heavy atom. The van der Waals surface area contributed by atoms with Gasteiger partial charge in [-0.05, 0) is 54.6 Å². The molecule has 1 saturated heterocycles. The molecule has 8 heteroatoms. The molecule has 2 aromatic rings. The molecule has 1 N–H and O–H groups in total. The van der Waals surface area contributed by atoms with E-state index in [0.29, 0.717) is 30.3 Å². The zero-order chi connectivity index (χ0) is 19.4. The molecule has 148 valence electrons. The molecule has 0 bridgehead atoms. The first-order valence-electron chi connectivity index (χ1n) is 8.86. The molecule has 0 amide bonds. The van der Waals surface area contributed by atoms with Crippen LogP contribution in [-0.2, 0) is 16.4 Å². The number of benzene rings is 1. The van der Waals surface area contributed by atoms with Gasteiger partial charge in [-0.2, -0.15) is 0 Å². The maximum atomic E-state index is 11.9. The van der Waals surface area contributed by atoms with Gasteiger partial charge in [-0.15, -0.1) is 11.3 Å². The Kier molecular flexibility index (Phi) is 6.81. The summed E-state index contributed by atoms with van der Waals surface area (Å²) in [6, 6.07) is 8.97. The van der Waals surface area contributed by atoms with Gasteiger partial charge in [0.1, 0.15) is 18.5 Å². The van der Waals surface area contributed by atoms with E-state index in [-0.39, 0.29) is 24.2 Å². The predicted molar refractivity (Wildman–Crippen MR) is 109 cm³/mol. The van der Waals surface area contributed by atoms with Crippen molar-refractivity contribution in [1.82, 2.24) is 4.90 Å². The summed E-state index contributed by atoms with van der Waals surface area (Å²) in [7, 11) is -2.99. The van der Waals surface area contributed by atoms with Gasteiger partial charge >= 0.3 is 0 Å². The molecule has 1 aromatic carbocycles. The van der Waals surface area contributed by atoms with Gasteiger partial charge in [-0.25, -0.2) is 8.42 Å². The number of aliphatic hydroxyl groups excluding tert-OH is 1. The van der Waals surface area contributed by atoms with E-state index in [0.717, 1.165) is 0 Å². The summed E-state index contributed by atoms with van der Waals surface area (Å²) in [6.45, 7) is 3.20. The molecule has 0 spiro atoms. The highest BCUT2D eigenvalue weighted by Gasteiger charge is 2.33. The van der Waals surface area contributed by atoms with Gasteiger partial charge in [0.2, 0.25) is 0 Å². The molecule has 2 atom stereocenters. The van der Waals surface area contributed by atoms with Crippen LogP contribution in [0.3, 0.4) is 0 Å². The van der Waals surface area contributed by atoms with Crippen LogP contribution in [0.15, 0.2) is 35.7 Å². The third-order valence-electron chi connectivity index (χ3n) is 4.74. The number of hydrogen-bond acceptors (Lipinski definition) is 6. The van der Waals surface area contributed by atoms with E-state index < -0.39 is 15.9 Å². The van der Waals surface area contributed by atoms with Gasteiger partial charge in [0.05, 0.1) is 11.5 Å². The number of ether oxygens (including phenoxy) is 1. The van der Waals surface area contributed by atoms with Crippen LogP contribution in [-0.4, -0.2) is 55.2 Å². The molecule has 2 unspecified atom stereocenters. The first-order valence-corrected chi connectivity index (χ1v) is 11.9. The van der Waals surface area contributed by atoms with Crippen LogP contribution in [0.25, 0.3) is 0 Å². The fourth-order valence-electron chi connectivity index (χ4n) is 3.20. The zero-order valence-electron chi connectivity index (χ0n) is 15.2. The number of thiophene rings is 1. The Labute approximate surface area is 169 Å². The molecule has 1 aliphatic rings. The number of hydrogen-bond donors (Lipinski definition) is 1. The van der Waals surface area contributed by atoms with Crippen molar-refractivity contribution in [3.05, 3.63) is 51.2 Å². The summed E-state index contributed by atoms with van der Waals surface area (Å²) < 4.78 is 29.5. The molecule has 0 radical (unpaired) electrons. The summed E-state index contributed by atoms with van der Waals surface area (Å²) in [5.74, 6) is 1.01. The molecule has 0 aliphatic carbocycles. The van der Waals surface area contributed by atoms with Crippen LogP contribution >= 0.6 is 22.9 Å². The van der Waals surface area contributed by atoms with Gasteiger partial charge in [-0.3, -0.25) is 4.90 Å². The lowest BCUT2D eigenvalue weighted by Gasteiger charge is -2.30. The molecule has 1 aliphatic heterocycles. The maximum absolute atomic E-state index is 11.9. The number of rotatable bonds is 8. The number of aliphatic hydroxyl groups is 1. The van der Waals surface area contributed by atoms with Crippen molar-refractivity contribution in [3.63, 3.8) is 0 Å². The molecule has 1 aromatic heterocycles. The Bertz CT molecular complexity index is 851. The van der Waals surface area contributed by atoms with Crippen LogP contribution in [0.4, 0.5) is 0 Å². The maximum Gasteiger partial charge on any atom is 0.151 e. The van der Waals surface area contributed by atoms with Gasteiger partial charge in [-0.1, -0.05) is 11.6 Å². The predicted octanol–water partition coefficient (Wildman–Crippen LogP) is 3.14. The largest absolute Gasteiger partial charge is 0.491 e. The number of halogens is 1. The summed E-state index contributed by atoms with van der Waals surface area (Å²) >= 11 is 7.52. The smallest absolute Gasteiger partial charge is 0.151 e. The second kappa shape index (κ2) is 8.92. The number of sulfone groups is 1. The average Bonchev–Trinajstić information content (AvgIpc) is 3.19. The van der Waals surface area contributed by atoms with E-state index in [9.17, 15) is 13.5 Å². The molecule has 27 heavy (non-hydrogen) atoms. The minimum absolute atomic E-state index is 0.0679.